The molecule has 0 aromatic heterocycles. The zero-order chi connectivity index (χ0) is 18.6. The molecule has 0 bridgehead atoms. The van der Waals surface area contributed by atoms with Crippen LogP contribution in [0.1, 0.15) is 92.4 Å². The van der Waals surface area contributed by atoms with Crippen molar-refractivity contribution in [2.45, 2.75) is 98.0 Å². The van der Waals surface area contributed by atoms with Crippen molar-refractivity contribution in [3.63, 3.8) is 0 Å². The van der Waals surface area contributed by atoms with Crippen LogP contribution in [0.3, 0.4) is 0 Å². The molecular formula is C19H37NO4. The highest BCUT2D eigenvalue weighted by molar-refractivity contribution is 5.76. The first-order valence-corrected chi connectivity index (χ1v) is 9.33. The third-order valence-corrected chi connectivity index (χ3v) is 3.66. The van der Waals surface area contributed by atoms with E-state index in [4.69, 9.17) is 4.74 Å². The molecule has 0 rings (SSSR count). The molecule has 0 unspecified atom stereocenters. The molecule has 0 radical (unpaired) electrons. The molecule has 0 aliphatic carbocycles. The van der Waals surface area contributed by atoms with Crippen LogP contribution in [-0.4, -0.2) is 34.3 Å². The highest BCUT2D eigenvalue weighted by Gasteiger charge is 2.18. The van der Waals surface area contributed by atoms with Gasteiger partial charge in [0.05, 0.1) is 13.0 Å². The second-order valence-corrected chi connectivity index (χ2v) is 7.91. The second kappa shape index (κ2) is 12.3. The number of ether oxygens (including phenoxy) is 1. The van der Waals surface area contributed by atoms with Gasteiger partial charge in [-0.2, -0.15) is 0 Å². The van der Waals surface area contributed by atoms with Gasteiger partial charge in [0.25, 0.3) is 0 Å². The van der Waals surface area contributed by atoms with Gasteiger partial charge in [-0.3, -0.25) is 14.8 Å². The lowest BCUT2D eigenvalue weighted by Gasteiger charge is -2.20. The number of hydroxylamine groups is 2. The van der Waals surface area contributed by atoms with Crippen molar-refractivity contribution in [2.24, 2.45) is 5.92 Å². The van der Waals surface area contributed by atoms with Crippen LogP contribution in [0.25, 0.3) is 0 Å². The molecule has 0 fully saturated rings. The Labute approximate surface area is 147 Å². The van der Waals surface area contributed by atoms with Crippen molar-refractivity contribution < 1.29 is 19.5 Å². The number of nitrogens with zero attached hydrogens (tertiary/aromatic N) is 1. The first-order chi connectivity index (χ1) is 11.1. The summed E-state index contributed by atoms with van der Waals surface area (Å²) < 4.78 is 5.14. The maximum absolute atomic E-state index is 11.8. The molecule has 5 nitrogen and oxygen atoms in total. The Bertz CT molecular complexity index is 361. The Balaban J connectivity index is 3.64. The van der Waals surface area contributed by atoms with Gasteiger partial charge in [-0.25, -0.2) is 5.06 Å². The van der Waals surface area contributed by atoms with Gasteiger partial charge in [0, 0.05) is 6.42 Å². The Morgan fingerprint density at radius 1 is 0.958 bits per heavy atom. The Hall–Kier alpha value is -1.10. The van der Waals surface area contributed by atoms with E-state index in [1.165, 1.54) is 25.7 Å². The fourth-order valence-corrected chi connectivity index (χ4v) is 2.38. The predicted octanol–water partition coefficient (Wildman–Crippen LogP) is 4.71. The molecule has 0 aliphatic rings. The number of rotatable bonds is 12. The van der Waals surface area contributed by atoms with Gasteiger partial charge in [-0.05, 0) is 33.1 Å². The van der Waals surface area contributed by atoms with Crippen molar-refractivity contribution in [3.05, 3.63) is 0 Å². The number of carbonyl (C=O) groups excluding carboxylic acids is 2. The third kappa shape index (κ3) is 14.5. The lowest BCUT2D eigenvalue weighted by atomic mass is 10.0. The van der Waals surface area contributed by atoms with Crippen LogP contribution >= 0.6 is 0 Å². The van der Waals surface area contributed by atoms with E-state index in [1.54, 1.807) is 20.8 Å². The van der Waals surface area contributed by atoms with Gasteiger partial charge >= 0.3 is 5.97 Å². The summed E-state index contributed by atoms with van der Waals surface area (Å²) in [7, 11) is 0. The number of carbonyl (C=O) groups is 2. The lowest BCUT2D eigenvalue weighted by Crippen LogP contribution is -2.31. The molecule has 0 aliphatic heterocycles. The van der Waals surface area contributed by atoms with Gasteiger partial charge in [-0.1, -0.05) is 52.4 Å². The smallest absolute Gasteiger partial charge is 0.308 e. The average molecular weight is 344 g/mol. The van der Waals surface area contributed by atoms with Crippen LogP contribution < -0.4 is 0 Å². The van der Waals surface area contributed by atoms with E-state index < -0.39 is 11.6 Å². The SMILES string of the molecule is CC(C)CCCCCCCCC(=O)N(O)CCC(=O)OC(C)(C)C. The zero-order valence-corrected chi connectivity index (χ0v) is 16.3. The number of unbranched alkanes of at least 4 members (excludes halogenated alkanes) is 5. The van der Waals surface area contributed by atoms with Crippen LogP contribution in [0.15, 0.2) is 0 Å². The molecular weight excluding hydrogens is 306 g/mol. The van der Waals surface area contributed by atoms with E-state index in [0.29, 0.717) is 11.5 Å². The molecule has 0 atom stereocenters. The molecule has 0 aromatic carbocycles. The molecule has 0 aromatic rings. The minimum absolute atomic E-state index is 0.00929. The molecule has 1 N–H and O–H groups in total. The zero-order valence-electron chi connectivity index (χ0n) is 16.3. The molecule has 0 heterocycles. The van der Waals surface area contributed by atoms with Gasteiger partial charge in [-0.15, -0.1) is 0 Å². The summed E-state index contributed by atoms with van der Waals surface area (Å²) in [5, 5.41) is 10.3. The first-order valence-electron chi connectivity index (χ1n) is 9.33. The maximum atomic E-state index is 11.8. The summed E-state index contributed by atoms with van der Waals surface area (Å²) in [5.74, 6) is 0.0490. The first kappa shape index (κ1) is 22.9. The summed E-state index contributed by atoms with van der Waals surface area (Å²) in [4.78, 5) is 23.3. The largest absolute Gasteiger partial charge is 0.460 e. The number of hydrogen-bond donors (Lipinski definition) is 1. The van der Waals surface area contributed by atoms with Crippen molar-refractivity contribution >= 4 is 11.9 Å². The summed E-state index contributed by atoms with van der Waals surface area (Å²) in [6, 6.07) is 0. The molecule has 5 heteroatoms. The standard InChI is InChI=1S/C19H37NO4/c1-16(2)12-10-8-6-7-9-11-13-17(21)20(23)15-14-18(22)24-19(3,4)5/h16,23H,6-15H2,1-5H3. The highest BCUT2D eigenvalue weighted by atomic mass is 16.6. The van der Waals surface area contributed by atoms with E-state index in [2.05, 4.69) is 13.8 Å². The van der Waals surface area contributed by atoms with Crippen LogP contribution in [0.5, 0.6) is 0 Å². The van der Waals surface area contributed by atoms with Crippen molar-refractivity contribution in [1.29, 1.82) is 0 Å². The van der Waals surface area contributed by atoms with Crippen molar-refractivity contribution in [3.8, 4) is 0 Å². The normalized spacial score (nSPS) is 11.6. The quantitative estimate of drug-likeness (QED) is 0.241. The monoisotopic (exact) mass is 343 g/mol. The van der Waals surface area contributed by atoms with E-state index >= 15 is 0 Å². The van der Waals surface area contributed by atoms with Crippen molar-refractivity contribution in [2.75, 3.05) is 6.54 Å². The maximum Gasteiger partial charge on any atom is 0.308 e. The summed E-state index contributed by atoms with van der Waals surface area (Å²) >= 11 is 0. The van der Waals surface area contributed by atoms with Gasteiger partial charge in [0.1, 0.15) is 5.60 Å². The lowest BCUT2D eigenvalue weighted by molar-refractivity contribution is -0.170. The molecule has 24 heavy (non-hydrogen) atoms. The summed E-state index contributed by atoms with van der Waals surface area (Å²) in [6.45, 7) is 9.84. The van der Waals surface area contributed by atoms with E-state index in [9.17, 15) is 14.8 Å². The number of hydrogen-bond acceptors (Lipinski definition) is 4. The van der Waals surface area contributed by atoms with Crippen molar-refractivity contribution in [1.82, 2.24) is 5.06 Å². The Morgan fingerprint density at radius 3 is 2.04 bits per heavy atom. The molecule has 0 saturated carbocycles. The van der Waals surface area contributed by atoms with Crippen LogP contribution in [0, 0.1) is 5.92 Å². The van der Waals surface area contributed by atoms with Crippen LogP contribution in [-0.2, 0) is 14.3 Å². The van der Waals surface area contributed by atoms with E-state index in [0.717, 1.165) is 25.2 Å². The fraction of sp³-hybridized carbons (Fsp3) is 0.895. The molecule has 142 valence electrons. The average Bonchev–Trinajstić information content (AvgIpc) is 2.45. The second-order valence-electron chi connectivity index (χ2n) is 7.91. The van der Waals surface area contributed by atoms with Gasteiger partial charge < -0.3 is 4.74 Å². The van der Waals surface area contributed by atoms with Crippen LogP contribution in [0.4, 0.5) is 0 Å². The molecule has 1 amide bonds. The van der Waals surface area contributed by atoms with E-state index in [-0.39, 0.29) is 18.9 Å². The Morgan fingerprint density at radius 2 is 1.50 bits per heavy atom. The third-order valence-electron chi connectivity index (χ3n) is 3.66. The fourth-order valence-electron chi connectivity index (χ4n) is 2.38. The molecule has 0 saturated heterocycles. The summed E-state index contributed by atoms with van der Waals surface area (Å²) in [5.41, 5.74) is -0.545. The van der Waals surface area contributed by atoms with Gasteiger partial charge in [0.2, 0.25) is 5.91 Å². The van der Waals surface area contributed by atoms with Gasteiger partial charge in [0.15, 0.2) is 0 Å². The number of esters is 1. The summed E-state index contributed by atoms with van der Waals surface area (Å²) in [6.07, 6.45) is 8.30. The topological polar surface area (TPSA) is 66.8 Å². The Kier molecular flexibility index (Phi) is 11.7. The predicted molar refractivity (Wildman–Crippen MR) is 95.7 cm³/mol. The van der Waals surface area contributed by atoms with Crippen LogP contribution in [0.2, 0.25) is 0 Å². The highest BCUT2D eigenvalue weighted by Crippen LogP contribution is 2.12. The number of amides is 1. The van der Waals surface area contributed by atoms with E-state index in [1.807, 2.05) is 0 Å². The minimum atomic E-state index is -0.545. The molecule has 0 spiro atoms. The minimum Gasteiger partial charge on any atom is -0.460 e.